The Hall–Kier alpha value is -4.94. The predicted octanol–water partition coefficient (Wildman–Crippen LogP) is 4.18. The molecule has 1 aliphatic rings. The van der Waals surface area contributed by atoms with E-state index in [0.717, 1.165) is 29.0 Å². The van der Waals surface area contributed by atoms with Crippen molar-refractivity contribution in [2.24, 2.45) is 7.05 Å². The summed E-state index contributed by atoms with van der Waals surface area (Å²) >= 11 is 0. The van der Waals surface area contributed by atoms with Gasteiger partial charge in [-0.25, -0.2) is 14.1 Å². The van der Waals surface area contributed by atoms with Gasteiger partial charge in [0.1, 0.15) is 17.3 Å². The summed E-state index contributed by atoms with van der Waals surface area (Å²) in [5.74, 6) is -0.188. The summed E-state index contributed by atoms with van der Waals surface area (Å²) in [7, 11) is 1.52. The Balaban J connectivity index is 1.36. The molecule has 5 aromatic rings. The van der Waals surface area contributed by atoms with E-state index in [9.17, 15) is 19.8 Å². The molecule has 0 amide bonds. The maximum Gasteiger partial charge on any atom is 0.290 e. The molecule has 0 radical (unpaired) electrons. The number of nitrogens with zero attached hydrogens (tertiary/aromatic N) is 6. The fraction of sp³-hybridized carbons (Fsp3) is 0.324. The number of piperidine rings is 1. The predicted molar refractivity (Wildman–Crippen MR) is 175 cm³/mol. The largest absolute Gasteiger partial charge is 0.393 e. The quantitative estimate of drug-likeness (QED) is 0.254. The Morgan fingerprint density at radius 3 is 2.46 bits per heavy atom. The topological polar surface area (TPSA) is 138 Å². The molecule has 238 valence electrons. The highest BCUT2D eigenvalue weighted by Crippen LogP contribution is 2.30. The van der Waals surface area contributed by atoms with Crippen LogP contribution in [0.3, 0.4) is 0 Å². The number of pyridine rings is 1. The number of aromatic nitrogens is 5. The van der Waals surface area contributed by atoms with Crippen molar-refractivity contribution in [3.05, 3.63) is 98.6 Å². The Morgan fingerprint density at radius 2 is 1.78 bits per heavy atom. The van der Waals surface area contributed by atoms with Crippen molar-refractivity contribution in [2.45, 2.75) is 51.7 Å². The molecule has 0 aliphatic carbocycles. The number of benzene rings is 2. The van der Waals surface area contributed by atoms with Crippen molar-refractivity contribution in [3.8, 4) is 16.9 Å². The smallest absolute Gasteiger partial charge is 0.290 e. The number of rotatable bonds is 6. The Morgan fingerprint density at radius 1 is 1.02 bits per heavy atom. The number of aliphatic hydroxyl groups is 2. The summed E-state index contributed by atoms with van der Waals surface area (Å²) in [6.45, 7) is 6.89. The minimum Gasteiger partial charge on any atom is -0.393 e. The SMILES string of the molecule is Cn1nc(-c2cccc(-n3ncc4cc(C(C)(C)C)cc(F)c4c3=O)c2CO)cc(Nc2ccc(N3CCC(O)CC3)cn2)c1=O. The van der Waals surface area contributed by atoms with Crippen molar-refractivity contribution in [1.29, 1.82) is 0 Å². The van der Waals surface area contributed by atoms with Crippen LogP contribution < -0.4 is 21.3 Å². The summed E-state index contributed by atoms with van der Waals surface area (Å²) < 4.78 is 17.6. The number of aliphatic hydroxyl groups excluding tert-OH is 2. The van der Waals surface area contributed by atoms with Crippen LogP contribution in [0, 0.1) is 5.82 Å². The molecular formula is C34H36FN7O4. The molecule has 0 atom stereocenters. The molecule has 1 saturated heterocycles. The van der Waals surface area contributed by atoms with Crippen LogP contribution in [0.4, 0.5) is 21.6 Å². The highest BCUT2D eigenvalue weighted by molar-refractivity contribution is 5.83. The van der Waals surface area contributed by atoms with Gasteiger partial charge in [0.15, 0.2) is 0 Å². The molecule has 2 aromatic carbocycles. The van der Waals surface area contributed by atoms with Crippen molar-refractivity contribution < 1.29 is 14.6 Å². The van der Waals surface area contributed by atoms with E-state index in [1.165, 1.54) is 24.0 Å². The second kappa shape index (κ2) is 12.1. The zero-order valence-electron chi connectivity index (χ0n) is 26.2. The van der Waals surface area contributed by atoms with Gasteiger partial charge < -0.3 is 20.4 Å². The number of nitrogens with one attached hydrogen (secondary N) is 1. The molecule has 0 spiro atoms. The van der Waals surface area contributed by atoms with E-state index in [0.29, 0.717) is 40.9 Å². The second-order valence-electron chi connectivity index (χ2n) is 12.6. The summed E-state index contributed by atoms with van der Waals surface area (Å²) in [6.07, 6.45) is 4.30. The first-order valence-corrected chi connectivity index (χ1v) is 15.1. The van der Waals surface area contributed by atoms with E-state index < -0.39 is 18.0 Å². The van der Waals surface area contributed by atoms with Gasteiger partial charge in [0.25, 0.3) is 11.1 Å². The lowest BCUT2D eigenvalue weighted by molar-refractivity contribution is 0.145. The lowest BCUT2D eigenvalue weighted by atomic mass is 9.86. The first-order chi connectivity index (χ1) is 21.9. The number of fused-ring (bicyclic) bond motifs is 1. The number of aryl methyl sites for hydroxylation is 1. The maximum absolute atomic E-state index is 15.3. The minimum atomic E-state index is -0.659. The van der Waals surface area contributed by atoms with Gasteiger partial charge in [0.2, 0.25) is 0 Å². The van der Waals surface area contributed by atoms with E-state index in [1.54, 1.807) is 42.6 Å². The average molecular weight is 626 g/mol. The van der Waals surface area contributed by atoms with Crippen LogP contribution in [-0.4, -0.2) is 54.0 Å². The molecular weight excluding hydrogens is 589 g/mol. The van der Waals surface area contributed by atoms with Gasteiger partial charge in [-0.3, -0.25) is 9.59 Å². The Labute approximate surface area is 264 Å². The standard InChI is InChI=1S/C34H36FN7O4/c1-34(2,3)21-14-20-17-37-42(33(46)31(20)26(35)15-21)29-7-5-6-24(25(29)19-43)27-16-28(32(45)40(4)39-27)38-30-9-8-22(18-36-30)41-12-10-23(44)11-13-41/h5-9,14-18,23,43-44H,10-13,19H2,1-4H3,(H,36,38). The van der Waals surface area contributed by atoms with Gasteiger partial charge in [0.05, 0.1) is 47.6 Å². The van der Waals surface area contributed by atoms with Crippen LogP contribution in [0.2, 0.25) is 0 Å². The molecule has 4 heterocycles. The highest BCUT2D eigenvalue weighted by Gasteiger charge is 2.22. The molecule has 6 rings (SSSR count). The first-order valence-electron chi connectivity index (χ1n) is 15.1. The Kier molecular flexibility index (Phi) is 8.17. The molecule has 1 aliphatic heterocycles. The zero-order valence-corrected chi connectivity index (χ0v) is 26.2. The van der Waals surface area contributed by atoms with Gasteiger partial charge in [-0.15, -0.1) is 0 Å². The second-order valence-corrected chi connectivity index (χ2v) is 12.6. The van der Waals surface area contributed by atoms with Crippen molar-refractivity contribution >= 4 is 28.0 Å². The van der Waals surface area contributed by atoms with Crippen LogP contribution in [0.1, 0.15) is 44.7 Å². The molecule has 12 heteroatoms. The average Bonchev–Trinajstić information content (AvgIpc) is 3.03. The first kappa shape index (κ1) is 31.1. The summed E-state index contributed by atoms with van der Waals surface area (Å²) in [6, 6.07) is 13.4. The van der Waals surface area contributed by atoms with Gasteiger partial charge in [-0.1, -0.05) is 32.9 Å². The van der Waals surface area contributed by atoms with Crippen molar-refractivity contribution in [1.82, 2.24) is 24.5 Å². The molecule has 0 unspecified atom stereocenters. The molecule has 0 saturated carbocycles. The number of halogens is 1. The summed E-state index contributed by atoms with van der Waals surface area (Å²) in [5, 5.41) is 32.5. The lowest BCUT2D eigenvalue weighted by Gasteiger charge is -2.31. The van der Waals surface area contributed by atoms with Gasteiger partial charge in [0, 0.05) is 36.7 Å². The number of anilines is 3. The molecule has 11 nitrogen and oxygen atoms in total. The van der Waals surface area contributed by atoms with Crippen LogP contribution in [0.15, 0.2) is 70.5 Å². The van der Waals surface area contributed by atoms with Gasteiger partial charge in [-0.05, 0) is 60.2 Å². The number of hydrogen-bond donors (Lipinski definition) is 3. The van der Waals surface area contributed by atoms with Gasteiger partial charge in [-0.2, -0.15) is 14.9 Å². The van der Waals surface area contributed by atoms with E-state index >= 15 is 4.39 Å². The normalized spacial score (nSPS) is 14.2. The fourth-order valence-corrected chi connectivity index (χ4v) is 5.76. The number of hydrogen-bond acceptors (Lipinski definition) is 9. The van der Waals surface area contributed by atoms with E-state index in [2.05, 4.69) is 25.4 Å². The highest BCUT2D eigenvalue weighted by atomic mass is 19.1. The maximum atomic E-state index is 15.3. The fourth-order valence-electron chi connectivity index (χ4n) is 5.76. The van der Waals surface area contributed by atoms with Crippen molar-refractivity contribution in [2.75, 3.05) is 23.3 Å². The van der Waals surface area contributed by atoms with E-state index in [-0.39, 0.29) is 33.8 Å². The third kappa shape index (κ3) is 5.88. The third-order valence-electron chi connectivity index (χ3n) is 8.42. The van der Waals surface area contributed by atoms with Crippen molar-refractivity contribution in [3.63, 3.8) is 0 Å². The van der Waals surface area contributed by atoms with E-state index in [1.807, 2.05) is 26.8 Å². The molecule has 3 aromatic heterocycles. The summed E-state index contributed by atoms with van der Waals surface area (Å²) in [4.78, 5) is 33.3. The molecule has 0 bridgehead atoms. The monoisotopic (exact) mass is 625 g/mol. The minimum absolute atomic E-state index is 0.0968. The van der Waals surface area contributed by atoms with Gasteiger partial charge >= 0.3 is 0 Å². The zero-order chi connectivity index (χ0) is 32.7. The Bertz CT molecular complexity index is 2040. The summed E-state index contributed by atoms with van der Waals surface area (Å²) in [5.41, 5.74) is 1.92. The van der Waals surface area contributed by atoms with Crippen LogP contribution in [0.25, 0.3) is 27.7 Å². The van der Waals surface area contributed by atoms with Crippen LogP contribution in [0.5, 0.6) is 0 Å². The molecule has 3 N–H and O–H groups in total. The van der Waals surface area contributed by atoms with E-state index in [4.69, 9.17) is 0 Å². The molecule has 46 heavy (non-hydrogen) atoms. The van der Waals surface area contributed by atoms with Crippen LogP contribution in [-0.2, 0) is 19.1 Å². The van der Waals surface area contributed by atoms with Crippen LogP contribution >= 0.6 is 0 Å². The molecule has 1 fully saturated rings. The third-order valence-corrected chi connectivity index (χ3v) is 8.42. The lowest BCUT2D eigenvalue weighted by Crippen LogP contribution is -2.35.